The lowest BCUT2D eigenvalue weighted by molar-refractivity contribution is 0.0881. The van der Waals surface area contributed by atoms with E-state index in [2.05, 4.69) is 64.1 Å². The zero-order valence-corrected chi connectivity index (χ0v) is 15.2. The van der Waals surface area contributed by atoms with Gasteiger partial charge < -0.3 is 10.2 Å². The first-order valence-electron chi connectivity index (χ1n) is 7.90. The summed E-state index contributed by atoms with van der Waals surface area (Å²) in [5.41, 5.74) is 0.238. The third-order valence-electron chi connectivity index (χ3n) is 4.67. The first kappa shape index (κ1) is 16.7. The zero-order chi connectivity index (χ0) is 15.5. The molecule has 0 amide bonds. The highest BCUT2D eigenvalue weighted by Crippen LogP contribution is 2.35. The monoisotopic (exact) mass is 354 g/mol. The molecule has 2 rings (SSSR count). The molecule has 1 fully saturated rings. The van der Waals surface area contributed by atoms with Crippen molar-refractivity contribution in [2.75, 3.05) is 26.0 Å². The Hall–Kier alpha value is -0.680. The van der Waals surface area contributed by atoms with Crippen molar-refractivity contribution in [2.24, 2.45) is 5.92 Å². The SMILES string of the molecule is CCc1nc(Br)cc(NCC2(N(C)C)CCCC(C)C2)n1. The van der Waals surface area contributed by atoms with Crippen molar-refractivity contribution in [3.63, 3.8) is 0 Å². The molecule has 0 radical (unpaired) electrons. The summed E-state index contributed by atoms with van der Waals surface area (Å²) in [5.74, 6) is 2.60. The molecule has 2 unspecified atom stereocenters. The first-order valence-corrected chi connectivity index (χ1v) is 8.69. The molecule has 1 aromatic heterocycles. The maximum Gasteiger partial charge on any atom is 0.131 e. The van der Waals surface area contributed by atoms with E-state index in [9.17, 15) is 0 Å². The fraction of sp³-hybridized carbons (Fsp3) is 0.750. The maximum atomic E-state index is 4.58. The van der Waals surface area contributed by atoms with E-state index in [0.29, 0.717) is 0 Å². The van der Waals surface area contributed by atoms with Crippen molar-refractivity contribution >= 4 is 21.7 Å². The van der Waals surface area contributed by atoms with Crippen LogP contribution < -0.4 is 5.32 Å². The molecule has 1 heterocycles. The second-order valence-corrected chi connectivity index (χ2v) is 7.33. The second-order valence-electron chi connectivity index (χ2n) is 6.52. The first-order chi connectivity index (χ1) is 9.95. The molecule has 4 nitrogen and oxygen atoms in total. The number of anilines is 1. The number of hydrogen-bond donors (Lipinski definition) is 1. The largest absolute Gasteiger partial charge is 0.368 e. The van der Waals surface area contributed by atoms with Crippen LogP contribution in [0.1, 0.15) is 45.4 Å². The minimum Gasteiger partial charge on any atom is -0.368 e. The molecule has 0 bridgehead atoms. The Labute approximate surface area is 136 Å². The van der Waals surface area contributed by atoms with Gasteiger partial charge in [-0.3, -0.25) is 0 Å². The summed E-state index contributed by atoms with van der Waals surface area (Å²) in [6.07, 6.45) is 6.03. The molecular weight excluding hydrogens is 328 g/mol. The van der Waals surface area contributed by atoms with E-state index in [1.807, 2.05) is 6.07 Å². The van der Waals surface area contributed by atoms with Gasteiger partial charge in [0.2, 0.25) is 0 Å². The van der Waals surface area contributed by atoms with Crippen molar-refractivity contribution in [2.45, 2.75) is 51.5 Å². The van der Waals surface area contributed by atoms with E-state index in [1.165, 1.54) is 25.7 Å². The van der Waals surface area contributed by atoms with Crippen molar-refractivity contribution in [1.29, 1.82) is 0 Å². The number of aryl methyl sites for hydroxylation is 1. The average Bonchev–Trinajstić information content (AvgIpc) is 2.44. The van der Waals surface area contributed by atoms with E-state index >= 15 is 0 Å². The van der Waals surface area contributed by atoms with Crippen molar-refractivity contribution < 1.29 is 0 Å². The van der Waals surface area contributed by atoms with Crippen LogP contribution in [0.5, 0.6) is 0 Å². The number of rotatable bonds is 5. The molecule has 1 aromatic rings. The lowest BCUT2D eigenvalue weighted by atomic mass is 9.75. The molecule has 0 aromatic carbocycles. The molecular formula is C16H27BrN4. The molecule has 2 atom stereocenters. The van der Waals surface area contributed by atoms with Gasteiger partial charge in [-0.15, -0.1) is 0 Å². The van der Waals surface area contributed by atoms with E-state index in [-0.39, 0.29) is 5.54 Å². The van der Waals surface area contributed by atoms with Gasteiger partial charge in [0.1, 0.15) is 16.2 Å². The summed E-state index contributed by atoms with van der Waals surface area (Å²) >= 11 is 3.47. The Morgan fingerprint density at radius 1 is 1.43 bits per heavy atom. The van der Waals surface area contributed by atoms with Crippen LogP contribution in [0.4, 0.5) is 5.82 Å². The average molecular weight is 355 g/mol. The lowest BCUT2D eigenvalue weighted by Gasteiger charge is -2.45. The van der Waals surface area contributed by atoms with Crippen LogP contribution in [0.15, 0.2) is 10.7 Å². The third-order valence-corrected chi connectivity index (χ3v) is 5.08. The maximum absolute atomic E-state index is 4.58. The molecule has 21 heavy (non-hydrogen) atoms. The molecule has 0 saturated heterocycles. The zero-order valence-electron chi connectivity index (χ0n) is 13.6. The Kier molecular flexibility index (Phi) is 5.60. The molecule has 5 heteroatoms. The minimum absolute atomic E-state index is 0.238. The number of aromatic nitrogens is 2. The highest BCUT2D eigenvalue weighted by molar-refractivity contribution is 9.10. The summed E-state index contributed by atoms with van der Waals surface area (Å²) < 4.78 is 0.854. The summed E-state index contributed by atoms with van der Waals surface area (Å²) in [5, 5.41) is 3.55. The van der Waals surface area contributed by atoms with Gasteiger partial charge >= 0.3 is 0 Å². The van der Waals surface area contributed by atoms with Gasteiger partial charge in [-0.25, -0.2) is 9.97 Å². The van der Waals surface area contributed by atoms with Gasteiger partial charge in [0.25, 0.3) is 0 Å². The molecule has 0 spiro atoms. The number of halogens is 1. The highest BCUT2D eigenvalue weighted by atomic mass is 79.9. The fourth-order valence-electron chi connectivity index (χ4n) is 3.33. The summed E-state index contributed by atoms with van der Waals surface area (Å²) in [6, 6.07) is 1.97. The number of nitrogens with one attached hydrogen (secondary N) is 1. The van der Waals surface area contributed by atoms with Gasteiger partial charge in [-0.05, 0) is 48.8 Å². The van der Waals surface area contributed by atoms with Gasteiger partial charge in [0, 0.05) is 24.6 Å². The smallest absolute Gasteiger partial charge is 0.131 e. The van der Waals surface area contributed by atoms with Gasteiger partial charge in [-0.2, -0.15) is 0 Å². The summed E-state index contributed by atoms with van der Waals surface area (Å²) in [6.45, 7) is 5.39. The fourth-order valence-corrected chi connectivity index (χ4v) is 3.75. The van der Waals surface area contributed by atoms with Crippen molar-refractivity contribution in [3.8, 4) is 0 Å². The Bertz CT molecular complexity index is 477. The number of likely N-dealkylation sites (N-methyl/N-ethyl adjacent to an activating group) is 1. The second kappa shape index (κ2) is 7.05. The van der Waals surface area contributed by atoms with Crippen LogP contribution in [0.3, 0.4) is 0 Å². The lowest BCUT2D eigenvalue weighted by Crippen LogP contribution is -2.52. The predicted molar refractivity (Wildman–Crippen MR) is 91.6 cm³/mol. The van der Waals surface area contributed by atoms with Crippen LogP contribution in [-0.2, 0) is 6.42 Å². The normalized spacial score (nSPS) is 26.1. The predicted octanol–water partition coefficient (Wildman–Crippen LogP) is 3.72. The number of hydrogen-bond acceptors (Lipinski definition) is 4. The van der Waals surface area contributed by atoms with Gasteiger partial charge in [0.05, 0.1) is 0 Å². The molecule has 118 valence electrons. The third kappa shape index (κ3) is 4.16. The standard InChI is InChI=1S/C16H27BrN4/c1-5-14-19-13(17)9-15(20-14)18-11-16(21(3)4)8-6-7-12(2)10-16/h9,12H,5-8,10-11H2,1-4H3,(H,18,19,20). The molecule has 1 aliphatic rings. The molecule has 0 aliphatic heterocycles. The topological polar surface area (TPSA) is 41.1 Å². The van der Waals surface area contributed by atoms with E-state index in [0.717, 1.165) is 35.1 Å². The van der Waals surface area contributed by atoms with Crippen LogP contribution in [-0.4, -0.2) is 41.0 Å². The van der Waals surface area contributed by atoms with E-state index in [4.69, 9.17) is 0 Å². The van der Waals surface area contributed by atoms with Crippen LogP contribution in [0, 0.1) is 5.92 Å². The molecule has 1 saturated carbocycles. The Morgan fingerprint density at radius 2 is 2.19 bits per heavy atom. The van der Waals surface area contributed by atoms with Crippen molar-refractivity contribution in [3.05, 3.63) is 16.5 Å². The van der Waals surface area contributed by atoms with Crippen molar-refractivity contribution in [1.82, 2.24) is 14.9 Å². The Balaban J connectivity index is 2.10. The van der Waals surface area contributed by atoms with E-state index < -0.39 is 0 Å². The van der Waals surface area contributed by atoms with Crippen LogP contribution in [0.2, 0.25) is 0 Å². The quantitative estimate of drug-likeness (QED) is 0.818. The van der Waals surface area contributed by atoms with Gasteiger partial charge in [-0.1, -0.05) is 26.7 Å². The number of nitrogens with zero attached hydrogens (tertiary/aromatic N) is 3. The van der Waals surface area contributed by atoms with Crippen LogP contribution >= 0.6 is 15.9 Å². The van der Waals surface area contributed by atoms with Gasteiger partial charge in [0.15, 0.2) is 0 Å². The molecule has 1 N–H and O–H groups in total. The Morgan fingerprint density at radius 3 is 2.81 bits per heavy atom. The minimum atomic E-state index is 0.238. The highest BCUT2D eigenvalue weighted by Gasteiger charge is 2.36. The summed E-state index contributed by atoms with van der Waals surface area (Å²) in [7, 11) is 4.40. The van der Waals surface area contributed by atoms with E-state index in [1.54, 1.807) is 0 Å². The molecule has 1 aliphatic carbocycles. The van der Waals surface area contributed by atoms with Crippen LogP contribution in [0.25, 0.3) is 0 Å². The summed E-state index contributed by atoms with van der Waals surface area (Å²) in [4.78, 5) is 11.3.